The summed E-state index contributed by atoms with van der Waals surface area (Å²) in [6, 6.07) is 5.04. The van der Waals surface area contributed by atoms with E-state index in [0.29, 0.717) is 0 Å². The van der Waals surface area contributed by atoms with Gasteiger partial charge in [-0.2, -0.15) is 0 Å². The molecule has 0 heterocycles. The molecule has 4 heteroatoms. The van der Waals surface area contributed by atoms with Crippen LogP contribution in [0.2, 0.25) is 0 Å². The molecule has 13 heavy (non-hydrogen) atoms. The molecule has 0 radical (unpaired) electrons. The van der Waals surface area contributed by atoms with E-state index in [9.17, 15) is 13.9 Å². The van der Waals surface area contributed by atoms with Gasteiger partial charge in [-0.15, -0.1) is 0 Å². The van der Waals surface area contributed by atoms with Crippen LogP contribution >= 0.6 is 0 Å². The molecule has 0 saturated heterocycles. The number of aromatic hydroxyl groups is 1. The zero-order valence-electron chi connectivity index (χ0n) is 7.04. The van der Waals surface area contributed by atoms with Crippen molar-refractivity contribution < 1.29 is 19.0 Å². The van der Waals surface area contributed by atoms with E-state index in [-0.39, 0.29) is 11.3 Å². The van der Waals surface area contributed by atoms with E-state index in [4.69, 9.17) is 5.11 Å². The Morgan fingerprint density at radius 3 is 2.08 bits per heavy atom. The lowest BCUT2D eigenvalue weighted by atomic mass is 9.97. The van der Waals surface area contributed by atoms with Crippen LogP contribution in [-0.4, -0.2) is 16.6 Å². The summed E-state index contributed by atoms with van der Waals surface area (Å²) in [6.45, 7) is 1.03. The van der Waals surface area contributed by atoms with E-state index in [2.05, 4.69) is 0 Å². The van der Waals surface area contributed by atoms with Gasteiger partial charge >= 0.3 is 0 Å². The molecular weight excluding hydrogens is 178 g/mol. The van der Waals surface area contributed by atoms with Gasteiger partial charge in [0.2, 0.25) is 0 Å². The highest BCUT2D eigenvalue weighted by molar-refractivity contribution is 5.29. The first kappa shape index (κ1) is 9.92. The first-order valence-electron chi connectivity index (χ1n) is 3.74. The van der Waals surface area contributed by atoms with E-state index < -0.39 is 12.0 Å². The largest absolute Gasteiger partial charge is 0.508 e. The maximum Gasteiger partial charge on any atom is 0.270 e. The third-order valence-corrected chi connectivity index (χ3v) is 1.88. The number of hydrogen-bond acceptors (Lipinski definition) is 2. The lowest BCUT2D eigenvalue weighted by Gasteiger charge is -2.22. The highest BCUT2D eigenvalue weighted by Gasteiger charge is 2.33. The van der Waals surface area contributed by atoms with E-state index >= 15 is 0 Å². The highest BCUT2D eigenvalue weighted by Crippen LogP contribution is 2.28. The van der Waals surface area contributed by atoms with Crippen LogP contribution in [0.5, 0.6) is 5.75 Å². The normalized spacial score (nSPS) is 15.8. The summed E-state index contributed by atoms with van der Waals surface area (Å²) in [4.78, 5) is 0. The summed E-state index contributed by atoms with van der Waals surface area (Å²) in [6.07, 6.45) is -2.85. The number of rotatable bonds is 2. The number of hydrogen-bond donors (Lipinski definition) is 2. The summed E-state index contributed by atoms with van der Waals surface area (Å²) in [7, 11) is 0. The predicted octanol–water partition coefficient (Wildman–Crippen LogP) is 1.86. The van der Waals surface area contributed by atoms with Crippen LogP contribution in [-0.2, 0) is 5.60 Å². The Hall–Kier alpha value is -1.16. The molecule has 0 aliphatic rings. The molecule has 1 unspecified atom stereocenters. The second-order valence-electron chi connectivity index (χ2n) is 3.00. The van der Waals surface area contributed by atoms with E-state index in [1.165, 1.54) is 24.3 Å². The van der Waals surface area contributed by atoms with Crippen molar-refractivity contribution in [3.05, 3.63) is 29.8 Å². The second-order valence-corrected chi connectivity index (χ2v) is 3.00. The van der Waals surface area contributed by atoms with Crippen LogP contribution in [0.25, 0.3) is 0 Å². The van der Waals surface area contributed by atoms with Crippen LogP contribution in [0, 0.1) is 0 Å². The lowest BCUT2D eigenvalue weighted by Crippen LogP contribution is -2.30. The van der Waals surface area contributed by atoms with Gasteiger partial charge in [0.05, 0.1) is 0 Å². The average molecular weight is 188 g/mol. The molecule has 1 aromatic carbocycles. The molecule has 0 aromatic heterocycles. The van der Waals surface area contributed by atoms with Gasteiger partial charge in [-0.3, -0.25) is 0 Å². The van der Waals surface area contributed by atoms with Crippen molar-refractivity contribution in [1.29, 1.82) is 0 Å². The van der Waals surface area contributed by atoms with Gasteiger partial charge < -0.3 is 10.2 Å². The molecule has 1 aromatic rings. The maximum absolute atomic E-state index is 12.3. The topological polar surface area (TPSA) is 40.5 Å². The van der Waals surface area contributed by atoms with Crippen molar-refractivity contribution in [1.82, 2.24) is 0 Å². The van der Waals surface area contributed by atoms with Crippen molar-refractivity contribution in [2.24, 2.45) is 0 Å². The van der Waals surface area contributed by atoms with Gasteiger partial charge in [-0.25, -0.2) is 8.78 Å². The van der Waals surface area contributed by atoms with Gasteiger partial charge in [0.25, 0.3) is 6.43 Å². The minimum atomic E-state index is -2.85. The van der Waals surface area contributed by atoms with Gasteiger partial charge in [0.15, 0.2) is 0 Å². The van der Waals surface area contributed by atoms with Crippen LogP contribution in [0.3, 0.4) is 0 Å². The molecule has 0 aliphatic heterocycles. The summed E-state index contributed by atoms with van der Waals surface area (Å²) in [5, 5.41) is 18.2. The molecule has 0 amide bonds. The Labute approximate surface area is 74.4 Å². The van der Waals surface area contributed by atoms with Crippen LogP contribution < -0.4 is 0 Å². The van der Waals surface area contributed by atoms with Crippen molar-refractivity contribution in [3.63, 3.8) is 0 Å². The average Bonchev–Trinajstić information content (AvgIpc) is 2.04. The summed E-state index contributed by atoms with van der Waals surface area (Å²) >= 11 is 0. The van der Waals surface area contributed by atoms with Crippen molar-refractivity contribution >= 4 is 0 Å². The molecule has 0 aliphatic carbocycles. The van der Waals surface area contributed by atoms with Crippen LogP contribution in [0.15, 0.2) is 24.3 Å². The first-order valence-corrected chi connectivity index (χ1v) is 3.74. The summed E-state index contributed by atoms with van der Waals surface area (Å²) in [5.41, 5.74) is -2.08. The molecule has 0 bridgehead atoms. The Morgan fingerprint density at radius 1 is 1.23 bits per heavy atom. The highest BCUT2D eigenvalue weighted by atomic mass is 19.3. The quantitative estimate of drug-likeness (QED) is 0.743. The molecule has 1 rings (SSSR count). The van der Waals surface area contributed by atoms with Crippen molar-refractivity contribution in [2.45, 2.75) is 19.0 Å². The van der Waals surface area contributed by atoms with E-state index in [1.807, 2.05) is 0 Å². The third kappa shape index (κ3) is 1.95. The third-order valence-electron chi connectivity index (χ3n) is 1.88. The van der Waals surface area contributed by atoms with E-state index in [0.717, 1.165) is 6.92 Å². The minimum absolute atomic E-state index is 0.0196. The van der Waals surface area contributed by atoms with Crippen molar-refractivity contribution in [2.75, 3.05) is 0 Å². The Bertz CT molecular complexity index is 280. The monoisotopic (exact) mass is 188 g/mol. The summed E-state index contributed by atoms with van der Waals surface area (Å²) < 4.78 is 24.6. The van der Waals surface area contributed by atoms with Gasteiger partial charge in [-0.05, 0) is 24.6 Å². The fourth-order valence-corrected chi connectivity index (χ4v) is 0.925. The Balaban J connectivity index is 3.01. The summed E-state index contributed by atoms with van der Waals surface area (Å²) in [5.74, 6) is -0.0196. The van der Waals surface area contributed by atoms with Crippen LogP contribution in [0.4, 0.5) is 8.78 Å². The molecule has 2 nitrogen and oxygen atoms in total. The number of aliphatic hydroxyl groups is 1. The fraction of sp³-hybridized carbons (Fsp3) is 0.333. The number of halogens is 2. The Kier molecular flexibility index (Phi) is 2.52. The van der Waals surface area contributed by atoms with Gasteiger partial charge in [0.1, 0.15) is 11.4 Å². The predicted molar refractivity (Wildman–Crippen MR) is 43.7 cm³/mol. The smallest absolute Gasteiger partial charge is 0.270 e. The van der Waals surface area contributed by atoms with Gasteiger partial charge in [0, 0.05) is 0 Å². The van der Waals surface area contributed by atoms with Gasteiger partial charge in [-0.1, -0.05) is 12.1 Å². The zero-order chi connectivity index (χ0) is 10.1. The zero-order valence-corrected chi connectivity index (χ0v) is 7.04. The van der Waals surface area contributed by atoms with E-state index in [1.54, 1.807) is 0 Å². The van der Waals surface area contributed by atoms with Crippen molar-refractivity contribution in [3.8, 4) is 5.75 Å². The maximum atomic E-state index is 12.3. The molecular formula is C9H10F2O2. The molecule has 0 spiro atoms. The molecule has 0 saturated carbocycles. The fourth-order valence-electron chi connectivity index (χ4n) is 0.925. The number of alkyl halides is 2. The SMILES string of the molecule is CC(O)(c1ccc(O)cc1)C(F)F. The molecule has 2 N–H and O–H groups in total. The lowest BCUT2D eigenvalue weighted by molar-refractivity contribution is -0.0883. The number of benzene rings is 1. The molecule has 0 fully saturated rings. The minimum Gasteiger partial charge on any atom is -0.508 e. The molecule has 1 atom stereocenters. The Morgan fingerprint density at radius 2 is 1.69 bits per heavy atom. The van der Waals surface area contributed by atoms with Crippen LogP contribution in [0.1, 0.15) is 12.5 Å². The second kappa shape index (κ2) is 3.30. The first-order chi connectivity index (χ1) is 5.94. The number of phenols is 1. The molecule has 72 valence electrons. The standard InChI is InChI=1S/C9H10F2O2/c1-9(13,8(10)11)6-2-4-7(12)5-3-6/h2-5,8,12-13H,1H3. The number of phenolic OH excluding ortho intramolecular Hbond substituents is 1.